The van der Waals surface area contributed by atoms with E-state index in [9.17, 15) is 18.0 Å². The van der Waals surface area contributed by atoms with Crippen molar-refractivity contribution < 1.29 is 23.1 Å². The maximum absolute atomic E-state index is 12.9. The van der Waals surface area contributed by atoms with Gasteiger partial charge in [0, 0.05) is 6.20 Å². The Kier molecular flexibility index (Phi) is 2.30. The van der Waals surface area contributed by atoms with Gasteiger partial charge in [-0.05, 0) is 12.1 Å². The number of carboxylic acids is 1. The first kappa shape index (κ1) is 10.5. The van der Waals surface area contributed by atoms with Crippen molar-refractivity contribution in [3.05, 3.63) is 35.5 Å². The van der Waals surface area contributed by atoms with Gasteiger partial charge in [0.05, 0.1) is 0 Å². The lowest BCUT2D eigenvalue weighted by molar-refractivity contribution is 0.0675. The number of carboxylic acid groups (broad SMARTS) is 1. The molecule has 2 aromatic rings. The van der Waals surface area contributed by atoms with Crippen molar-refractivity contribution in [2.24, 2.45) is 0 Å². The molecule has 4 nitrogen and oxygen atoms in total. The van der Waals surface area contributed by atoms with Crippen LogP contribution in [-0.4, -0.2) is 20.5 Å². The van der Waals surface area contributed by atoms with E-state index in [4.69, 9.17) is 5.11 Å². The van der Waals surface area contributed by atoms with Gasteiger partial charge in [-0.3, -0.25) is 4.40 Å². The molecule has 0 aromatic carbocycles. The molecule has 0 aliphatic carbocycles. The molecule has 0 unspecified atom stereocenters. The van der Waals surface area contributed by atoms with Crippen molar-refractivity contribution in [2.45, 2.75) is 6.43 Å². The molecule has 0 saturated carbocycles. The SMILES string of the molecule is O=C(O)c1c(C(F)F)nc2ccc(F)cn12. The second-order valence-electron chi connectivity index (χ2n) is 3.03. The maximum Gasteiger partial charge on any atom is 0.355 e. The van der Waals surface area contributed by atoms with Crippen LogP contribution >= 0.6 is 0 Å². The van der Waals surface area contributed by atoms with E-state index in [1.807, 2.05) is 0 Å². The second kappa shape index (κ2) is 3.51. The molecule has 0 atom stereocenters. The molecule has 2 aromatic heterocycles. The Morgan fingerprint density at radius 1 is 1.44 bits per heavy atom. The van der Waals surface area contributed by atoms with Gasteiger partial charge in [0.25, 0.3) is 6.43 Å². The van der Waals surface area contributed by atoms with E-state index in [1.165, 1.54) is 0 Å². The predicted octanol–water partition coefficient (Wildman–Crippen LogP) is 2.11. The first-order chi connectivity index (χ1) is 7.50. The van der Waals surface area contributed by atoms with Crippen LogP contribution in [-0.2, 0) is 0 Å². The van der Waals surface area contributed by atoms with Crippen molar-refractivity contribution in [3.8, 4) is 0 Å². The third-order valence-electron chi connectivity index (χ3n) is 2.02. The number of hydrogen-bond acceptors (Lipinski definition) is 2. The fourth-order valence-corrected chi connectivity index (χ4v) is 1.40. The maximum atomic E-state index is 12.9. The van der Waals surface area contributed by atoms with Gasteiger partial charge in [0.2, 0.25) is 0 Å². The summed E-state index contributed by atoms with van der Waals surface area (Å²) in [4.78, 5) is 14.2. The molecular weight excluding hydrogens is 225 g/mol. The minimum absolute atomic E-state index is 0.0332. The van der Waals surface area contributed by atoms with Gasteiger partial charge in [-0.15, -0.1) is 0 Å². The van der Waals surface area contributed by atoms with Gasteiger partial charge in [-0.1, -0.05) is 0 Å². The highest BCUT2D eigenvalue weighted by atomic mass is 19.3. The summed E-state index contributed by atoms with van der Waals surface area (Å²) in [7, 11) is 0. The molecule has 2 rings (SSSR count). The monoisotopic (exact) mass is 230 g/mol. The van der Waals surface area contributed by atoms with Gasteiger partial charge in [-0.2, -0.15) is 0 Å². The molecule has 0 spiro atoms. The Morgan fingerprint density at radius 2 is 2.12 bits per heavy atom. The molecular formula is C9H5F3N2O2. The summed E-state index contributed by atoms with van der Waals surface area (Å²) in [5, 5.41) is 8.78. The number of alkyl halides is 2. The number of rotatable bonds is 2. The molecule has 0 amide bonds. The number of carbonyl (C=O) groups is 1. The third-order valence-corrected chi connectivity index (χ3v) is 2.02. The number of pyridine rings is 1. The molecule has 0 aliphatic rings. The average molecular weight is 230 g/mol. The van der Waals surface area contributed by atoms with Gasteiger partial charge in [0.15, 0.2) is 5.69 Å². The minimum atomic E-state index is -3.02. The Bertz CT molecular complexity index is 565. The largest absolute Gasteiger partial charge is 0.476 e. The molecule has 84 valence electrons. The van der Waals surface area contributed by atoms with E-state index in [1.54, 1.807) is 0 Å². The predicted molar refractivity (Wildman–Crippen MR) is 47.1 cm³/mol. The van der Waals surface area contributed by atoms with Crippen LogP contribution in [0, 0.1) is 5.82 Å². The first-order valence-electron chi connectivity index (χ1n) is 4.19. The summed E-state index contributed by atoms with van der Waals surface area (Å²) in [5.41, 5.74) is -1.61. The molecule has 0 bridgehead atoms. The molecule has 0 aliphatic heterocycles. The Labute approximate surface area is 87.0 Å². The summed E-state index contributed by atoms with van der Waals surface area (Å²) >= 11 is 0. The standard InChI is InChI=1S/C9H5F3N2O2/c10-4-1-2-5-13-6(8(11)12)7(9(15)16)14(5)3-4/h1-3,8H,(H,15,16). The summed E-state index contributed by atoms with van der Waals surface area (Å²) in [6.45, 7) is 0. The smallest absolute Gasteiger partial charge is 0.355 e. The highest BCUT2D eigenvalue weighted by Crippen LogP contribution is 2.23. The molecule has 1 N–H and O–H groups in total. The van der Waals surface area contributed by atoms with E-state index in [-0.39, 0.29) is 5.65 Å². The lowest BCUT2D eigenvalue weighted by atomic mass is 10.3. The van der Waals surface area contributed by atoms with E-state index in [0.717, 1.165) is 22.7 Å². The zero-order chi connectivity index (χ0) is 11.9. The zero-order valence-electron chi connectivity index (χ0n) is 7.69. The summed E-state index contributed by atoms with van der Waals surface area (Å²) in [6, 6.07) is 2.15. The van der Waals surface area contributed by atoms with Crippen molar-refractivity contribution >= 4 is 11.6 Å². The first-order valence-corrected chi connectivity index (χ1v) is 4.19. The molecule has 0 saturated heterocycles. The number of halogens is 3. The van der Waals surface area contributed by atoms with Crippen LogP contribution in [0.2, 0.25) is 0 Å². The van der Waals surface area contributed by atoms with Gasteiger partial charge < -0.3 is 5.11 Å². The number of nitrogens with zero attached hydrogens (tertiary/aromatic N) is 2. The van der Waals surface area contributed by atoms with Crippen molar-refractivity contribution in [3.63, 3.8) is 0 Å². The van der Waals surface area contributed by atoms with E-state index < -0.39 is 29.6 Å². The lowest BCUT2D eigenvalue weighted by Gasteiger charge is -1.98. The van der Waals surface area contributed by atoms with Crippen LogP contribution in [0.25, 0.3) is 5.65 Å². The van der Waals surface area contributed by atoms with Crippen molar-refractivity contribution in [2.75, 3.05) is 0 Å². The van der Waals surface area contributed by atoms with Crippen LogP contribution in [0.3, 0.4) is 0 Å². The highest BCUT2D eigenvalue weighted by molar-refractivity contribution is 5.88. The van der Waals surface area contributed by atoms with Crippen LogP contribution < -0.4 is 0 Å². The fourth-order valence-electron chi connectivity index (χ4n) is 1.40. The van der Waals surface area contributed by atoms with Crippen LogP contribution in [0.5, 0.6) is 0 Å². The number of fused-ring (bicyclic) bond motifs is 1. The lowest BCUT2D eigenvalue weighted by Crippen LogP contribution is -2.06. The van der Waals surface area contributed by atoms with Crippen molar-refractivity contribution in [1.29, 1.82) is 0 Å². The van der Waals surface area contributed by atoms with Crippen LogP contribution in [0.4, 0.5) is 13.2 Å². The fraction of sp³-hybridized carbons (Fsp3) is 0.111. The number of aromatic nitrogens is 2. The van der Waals surface area contributed by atoms with Gasteiger partial charge in [-0.25, -0.2) is 22.9 Å². The Morgan fingerprint density at radius 3 is 2.69 bits per heavy atom. The summed E-state index contributed by atoms with van der Waals surface area (Å²) in [6.07, 6.45) is -2.22. The number of hydrogen-bond donors (Lipinski definition) is 1. The normalized spacial score (nSPS) is 11.2. The molecule has 0 fully saturated rings. The average Bonchev–Trinajstić information content (AvgIpc) is 2.55. The molecule has 0 radical (unpaired) electrons. The molecule has 7 heteroatoms. The topological polar surface area (TPSA) is 54.6 Å². The molecule has 16 heavy (non-hydrogen) atoms. The van der Waals surface area contributed by atoms with E-state index in [2.05, 4.69) is 4.98 Å². The van der Waals surface area contributed by atoms with Gasteiger partial charge >= 0.3 is 5.97 Å². The number of aromatic carboxylic acids is 1. The number of imidazole rings is 1. The Balaban J connectivity index is 2.82. The molecule has 2 heterocycles. The third kappa shape index (κ3) is 1.50. The quantitative estimate of drug-likeness (QED) is 0.859. The minimum Gasteiger partial charge on any atom is -0.476 e. The Hall–Kier alpha value is -2.05. The summed E-state index contributed by atoms with van der Waals surface area (Å²) < 4.78 is 38.6. The second-order valence-corrected chi connectivity index (χ2v) is 3.03. The van der Waals surface area contributed by atoms with Crippen molar-refractivity contribution in [1.82, 2.24) is 9.38 Å². The van der Waals surface area contributed by atoms with Gasteiger partial charge in [0.1, 0.15) is 17.2 Å². The van der Waals surface area contributed by atoms with Crippen LogP contribution in [0.15, 0.2) is 18.3 Å². The van der Waals surface area contributed by atoms with Crippen LogP contribution in [0.1, 0.15) is 22.6 Å². The van der Waals surface area contributed by atoms with E-state index >= 15 is 0 Å². The highest BCUT2D eigenvalue weighted by Gasteiger charge is 2.25. The zero-order valence-corrected chi connectivity index (χ0v) is 7.69. The van der Waals surface area contributed by atoms with E-state index in [0.29, 0.717) is 0 Å². The summed E-state index contributed by atoms with van der Waals surface area (Å²) in [5.74, 6) is -2.30.